The van der Waals surface area contributed by atoms with E-state index in [1.807, 2.05) is 24.4 Å². The van der Waals surface area contributed by atoms with Crippen LogP contribution in [0.5, 0.6) is 0 Å². The lowest BCUT2D eigenvalue weighted by atomic mass is 10.3. The van der Waals surface area contributed by atoms with Crippen molar-refractivity contribution >= 4 is 11.3 Å². The number of nitrogens with zero attached hydrogens (tertiary/aromatic N) is 1. The van der Waals surface area contributed by atoms with Gasteiger partial charge in [0.05, 0.1) is 5.01 Å². The van der Waals surface area contributed by atoms with Gasteiger partial charge in [0.25, 0.3) is 0 Å². The molecule has 0 bridgehead atoms. The van der Waals surface area contributed by atoms with Crippen LogP contribution in [0.1, 0.15) is 10.8 Å². The number of hydrogen-bond acceptors (Lipinski definition) is 4. The first-order valence-electron chi connectivity index (χ1n) is 4.41. The van der Waals surface area contributed by atoms with Crippen LogP contribution in [-0.4, -0.2) is 16.7 Å². The van der Waals surface area contributed by atoms with Crippen LogP contribution in [0, 0.1) is 6.92 Å². The largest absolute Gasteiger partial charge is 0.460 e. The normalized spacial score (nSPS) is 10.7. The smallest absolute Gasteiger partial charge is 0.153 e. The molecule has 3 nitrogen and oxygen atoms in total. The molecular weight excluding hydrogens is 198 g/mol. The second-order valence-corrected chi connectivity index (χ2v) is 3.95. The Bertz CT molecular complexity index is 419. The van der Waals surface area contributed by atoms with E-state index in [2.05, 4.69) is 4.98 Å². The lowest BCUT2D eigenvalue weighted by Gasteiger charge is -1.89. The zero-order valence-electron chi connectivity index (χ0n) is 7.86. The lowest BCUT2D eigenvalue weighted by Crippen LogP contribution is -1.88. The van der Waals surface area contributed by atoms with Gasteiger partial charge in [-0.1, -0.05) is 0 Å². The van der Waals surface area contributed by atoms with Gasteiger partial charge in [-0.05, 0) is 19.1 Å². The molecule has 0 aliphatic rings. The van der Waals surface area contributed by atoms with Crippen LogP contribution in [0.15, 0.2) is 21.9 Å². The van der Waals surface area contributed by atoms with Crippen molar-refractivity contribution in [3.8, 4) is 11.5 Å². The van der Waals surface area contributed by atoms with Gasteiger partial charge < -0.3 is 9.52 Å². The average Bonchev–Trinajstić information content (AvgIpc) is 2.74. The number of aryl methyl sites for hydroxylation is 1. The molecule has 0 aliphatic heterocycles. The minimum Gasteiger partial charge on any atom is -0.460 e. The first-order chi connectivity index (χ1) is 6.79. The van der Waals surface area contributed by atoms with E-state index in [-0.39, 0.29) is 6.61 Å². The molecule has 0 fully saturated rings. The quantitative estimate of drug-likeness (QED) is 0.843. The maximum atomic E-state index is 8.75. The van der Waals surface area contributed by atoms with Gasteiger partial charge in [0.1, 0.15) is 11.5 Å². The molecule has 2 heterocycles. The molecule has 1 N–H and O–H groups in total. The van der Waals surface area contributed by atoms with E-state index in [0.29, 0.717) is 6.42 Å². The standard InChI is InChI=1S/C10H11NO2S/c1-7-2-3-9(13-7)8-6-14-10(11-8)4-5-12/h2-3,6,12H,4-5H2,1H3. The predicted molar refractivity (Wildman–Crippen MR) is 55.3 cm³/mol. The zero-order chi connectivity index (χ0) is 9.97. The summed E-state index contributed by atoms with van der Waals surface area (Å²) in [5.74, 6) is 1.68. The Morgan fingerprint density at radius 3 is 3.00 bits per heavy atom. The molecule has 0 aromatic carbocycles. The van der Waals surface area contributed by atoms with Crippen LogP contribution in [0.2, 0.25) is 0 Å². The van der Waals surface area contributed by atoms with Crippen LogP contribution in [-0.2, 0) is 6.42 Å². The molecule has 2 aromatic heterocycles. The summed E-state index contributed by atoms with van der Waals surface area (Å²) in [5, 5.41) is 11.6. The molecule has 2 aromatic rings. The summed E-state index contributed by atoms with van der Waals surface area (Å²) in [4.78, 5) is 4.35. The maximum Gasteiger partial charge on any atom is 0.153 e. The number of aliphatic hydroxyl groups excluding tert-OH is 1. The highest BCUT2D eigenvalue weighted by atomic mass is 32.1. The molecule has 4 heteroatoms. The van der Waals surface area contributed by atoms with Crippen LogP contribution in [0.3, 0.4) is 0 Å². The molecule has 0 atom stereocenters. The highest BCUT2D eigenvalue weighted by Gasteiger charge is 2.07. The van der Waals surface area contributed by atoms with Crippen LogP contribution >= 0.6 is 11.3 Å². The van der Waals surface area contributed by atoms with Crippen molar-refractivity contribution in [3.63, 3.8) is 0 Å². The number of aliphatic hydroxyl groups is 1. The van der Waals surface area contributed by atoms with Gasteiger partial charge in [-0.25, -0.2) is 4.98 Å². The Morgan fingerprint density at radius 1 is 1.50 bits per heavy atom. The highest BCUT2D eigenvalue weighted by Crippen LogP contribution is 2.23. The molecule has 0 saturated heterocycles. The van der Waals surface area contributed by atoms with E-state index >= 15 is 0 Å². The second-order valence-electron chi connectivity index (χ2n) is 3.01. The highest BCUT2D eigenvalue weighted by molar-refractivity contribution is 7.09. The third kappa shape index (κ3) is 1.86. The van der Waals surface area contributed by atoms with Gasteiger partial charge in [0, 0.05) is 18.4 Å². The topological polar surface area (TPSA) is 46.3 Å². The Kier molecular flexibility index (Phi) is 2.65. The van der Waals surface area contributed by atoms with E-state index in [1.54, 1.807) is 11.3 Å². The molecule has 14 heavy (non-hydrogen) atoms. The summed E-state index contributed by atoms with van der Waals surface area (Å²) in [6.45, 7) is 2.05. The van der Waals surface area contributed by atoms with Crippen molar-refractivity contribution in [2.45, 2.75) is 13.3 Å². The number of rotatable bonds is 3. The first kappa shape index (κ1) is 9.43. The monoisotopic (exact) mass is 209 g/mol. The molecule has 74 valence electrons. The van der Waals surface area contributed by atoms with Crippen LogP contribution < -0.4 is 0 Å². The summed E-state index contributed by atoms with van der Waals surface area (Å²) >= 11 is 1.55. The molecule has 0 unspecified atom stereocenters. The Labute approximate surface area is 86.0 Å². The summed E-state index contributed by atoms with van der Waals surface area (Å²) < 4.78 is 5.44. The van der Waals surface area contributed by atoms with Crippen LogP contribution in [0.4, 0.5) is 0 Å². The third-order valence-corrected chi connectivity index (χ3v) is 2.78. The molecule has 0 aliphatic carbocycles. The van der Waals surface area contributed by atoms with Gasteiger partial charge >= 0.3 is 0 Å². The summed E-state index contributed by atoms with van der Waals surface area (Å²) in [7, 11) is 0. The second kappa shape index (κ2) is 3.94. The van der Waals surface area contributed by atoms with Crippen molar-refractivity contribution in [3.05, 3.63) is 28.3 Å². The SMILES string of the molecule is Cc1ccc(-c2csc(CCO)n2)o1. The van der Waals surface area contributed by atoms with Crippen molar-refractivity contribution in [2.24, 2.45) is 0 Å². The minimum atomic E-state index is 0.143. The number of hydrogen-bond donors (Lipinski definition) is 1. The summed E-state index contributed by atoms with van der Waals surface area (Å²) in [5.41, 5.74) is 0.853. The number of thiazole rings is 1. The van der Waals surface area contributed by atoms with E-state index in [9.17, 15) is 0 Å². The van der Waals surface area contributed by atoms with Crippen molar-refractivity contribution < 1.29 is 9.52 Å². The van der Waals surface area contributed by atoms with E-state index in [1.165, 1.54) is 0 Å². The van der Waals surface area contributed by atoms with Gasteiger partial charge in [-0.2, -0.15) is 0 Å². The van der Waals surface area contributed by atoms with Gasteiger partial charge in [0.2, 0.25) is 0 Å². The third-order valence-electron chi connectivity index (χ3n) is 1.87. The minimum absolute atomic E-state index is 0.143. The molecular formula is C10H11NO2S. The first-order valence-corrected chi connectivity index (χ1v) is 5.29. The van der Waals surface area contributed by atoms with Gasteiger partial charge in [-0.15, -0.1) is 11.3 Å². The zero-order valence-corrected chi connectivity index (χ0v) is 8.67. The predicted octanol–water partition coefficient (Wildman–Crippen LogP) is 2.25. The molecule has 2 rings (SSSR count). The van der Waals surface area contributed by atoms with E-state index in [0.717, 1.165) is 22.2 Å². The fourth-order valence-electron chi connectivity index (χ4n) is 1.21. The molecule has 0 radical (unpaired) electrons. The molecule has 0 spiro atoms. The molecule has 0 amide bonds. The lowest BCUT2D eigenvalue weighted by molar-refractivity contribution is 0.299. The van der Waals surface area contributed by atoms with Crippen molar-refractivity contribution in [2.75, 3.05) is 6.61 Å². The van der Waals surface area contributed by atoms with E-state index in [4.69, 9.17) is 9.52 Å². The van der Waals surface area contributed by atoms with E-state index < -0.39 is 0 Å². The Balaban J connectivity index is 2.24. The van der Waals surface area contributed by atoms with Gasteiger partial charge in [-0.3, -0.25) is 0 Å². The summed E-state index contributed by atoms with van der Waals surface area (Å²) in [6, 6.07) is 3.83. The Morgan fingerprint density at radius 2 is 2.36 bits per heavy atom. The average molecular weight is 209 g/mol. The molecule has 0 saturated carbocycles. The summed E-state index contributed by atoms with van der Waals surface area (Å²) in [6.07, 6.45) is 0.615. The fourth-order valence-corrected chi connectivity index (χ4v) is 1.98. The Hall–Kier alpha value is -1.13. The van der Waals surface area contributed by atoms with Gasteiger partial charge in [0.15, 0.2) is 5.76 Å². The van der Waals surface area contributed by atoms with Crippen molar-refractivity contribution in [1.29, 1.82) is 0 Å². The fraction of sp³-hybridized carbons (Fsp3) is 0.300. The van der Waals surface area contributed by atoms with Crippen molar-refractivity contribution in [1.82, 2.24) is 4.98 Å². The maximum absolute atomic E-state index is 8.75. The van der Waals surface area contributed by atoms with Crippen LogP contribution in [0.25, 0.3) is 11.5 Å². The number of furan rings is 1. The number of aromatic nitrogens is 1.